The predicted molar refractivity (Wildman–Crippen MR) is 139 cm³/mol. The van der Waals surface area contributed by atoms with Gasteiger partial charge >= 0.3 is 0 Å². The SMILES string of the molecule is O=C(CSCCOC(c1ccccc1)c1ccccc1)N(c1ccccc1)C1CCS(=O)(=O)C1. The van der Waals surface area contributed by atoms with Gasteiger partial charge in [-0.15, -0.1) is 11.8 Å². The highest BCUT2D eigenvalue weighted by atomic mass is 32.2. The Kier molecular flexibility index (Phi) is 8.43. The van der Waals surface area contributed by atoms with Crippen LogP contribution in [0.5, 0.6) is 0 Å². The summed E-state index contributed by atoms with van der Waals surface area (Å²) in [6, 6.07) is 29.3. The second-order valence-corrected chi connectivity index (χ2v) is 11.6. The van der Waals surface area contributed by atoms with Crippen LogP contribution >= 0.6 is 11.8 Å². The Morgan fingerprint density at radius 1 is 0.912 bits per heavy atom. The van der Waals surface area contributed by atoms with Gasteiger partial charge in [0, 0.05) is 11.4 Å². The molecule has 1 heterocycles. The van der Waals surface area contributed by atoms with E-state index in [1.165, 1.54) is 11.8 Å². The van der Waals surface area contributed by atoms with Gasteiger partial charge in [0.2, 0.25) is 5.91 Å². The Hall–Kier alpha value is -2.61. The first kappa shape index (κ1) is 24.5. The van der Waals surface area contributed by atoms with E-state index in [0.717, 1.165) is 16.8 Å². The minimum absolute atomic E-state index is 0.0250. The Bertz CT molecular complexity index is 1120. The molecule has 0 spiro atoms. The summed E-state index contributed by atoms with van der Waals surface area (Å²) in [4.78, 5) is 14.8. The molecule has 4 rings (SSSR count). The molecule has 178 valence electrons. The van der Waals surface area contributed by atoms with Gasteiger partial charge in [-0.2, -0.15) is 0 Å². The largest absolute Gasteiger partial charge is 0.368 e. The van der Waals surface area contributed by atoms with Crippen LogP contribution in [-0.2, 0) is 19.4 Å². The van der Waals surface area contributed by atoms with Crippen LogP contribution in [0.4, 0.5) is 5.69 Å². The van der Waals surface area contributed by atoms with Crippen molar-refractivity contribution in [2.75, 3.05) is 34.5 Å². The normalized spacial score (nSPS) is 17.0. The van der Waals surface area contributed by atoms with Crippen LogP contribution in [0.3, 0.4) is 0 Å². The van der Waals surface area contributed by atoms with Crippen LogP contribution in [0.25, 0.3) is 0 Å². The van der Waals surface area contributed by atoms with Gasteiger partial charge in [0.05, 0.1) is 29.9 Å². The molecule has 0 aromatic heterocycles. The Labute approximate surface area is 206 Å². The number of thioether (sulfide) groups is 1. The van der Waals surface area contributed by atoms with Crippen molar-refractivity contribution in [1.29, 1.82) is 0 Å². The summed E-state index contributed by atoms with van der Waals surface area (Å²) < 4.78 is 30.3. The van der Waals surface area contributed by atoms with Crippen molar-refractivity contribution in [3.05, 3.63) is 102 Å². The molecule has 0 aliphatic carbocycles. The molecule has 3 aromatic carbocycles. The van der Waals surface area contributed by atoms with E-state index in [4.69, 9.17) is 4.74 Å². The molecule has 7 heteroatoms. The minimum atomic E-state index is -3.09. The number of carbonyl (C=O) groups excluding carboxylic acids is 1. The lowest BCUT2D eigenvalue weighted by Gasteiger charge is -2.28. The topological polar surface area (TPSA) is 63.7 Å². The van der Waals surface area contributed by atoms with E-state index >= 15 is 0 Å². The van der Waals surface area contributed by atoms with E-state index in [1.807, 2.05) is 66.7 Å². The Morgan fingerprint density at radius 3 is 2.00 bits per heavy atom. The maximum absolute atomic E-state index is 13.2. The smallest absolute Gasteiger partial charge is 0.237 e. The standard InChI is InChI=1S/C27H29NO4S2/c29-26(28(24-14-8-3-9-15-24)25-16-19-34(30,31)21-25)20-33-18-17-32-27(22-10-4-1-5-11-22)23-12-6-2-7-13-23/h1-15,25,27H,16-21H2. The van der Waals surface area contributed by atoms with Gasteiger partial charge < -0.3 is 9.64 Å². The van der Waals surface area contributed by atoms with Crippen molar-refractivity contribution in [3.63, 3.8) is 0 Å². The molecule has 0 radical (unpaired) electrons. The summed E-state index contributed by atoms with van der Waals surface area (Å²) in [5.74, 6) is 1.03. The lowest BCUT2D eigenvalue weighted by Crippen LogP contribution is -2.42. The zero-order valence-corrected chi connectivity index (χ0v) is 20.6. The third-order valence-electron chi connectivity index (χ3n) is 5.82. The number of anilines is 1. The van der Waals surface area contributed by atoms with E-state index in [9.17, 15) is 13.2 Å². The highest BCUT2D eigenvalue weighted by molar-refractivity contribution is 8.00. The van der Waals surface area contributed by atoms with Gasteiger partial charge in [-0.1, -0.05) is 78.9 Å². The summed E-state index contributed by atoms with van der Waals surface area (Å²) in [7, 11) is -3.09. The van der Waals surface area contributed by atoms with Crippen molar-refractivity contribution in [2.45, 2.75) is 18.6 Å². The third kappa shape index (κ3) is 6.50. The van der Waals surface area contributed by atoms with Gasteiger partial charge in [0.1, 0.15) is 6.10 Å². The molecule has 1 unspecified atom stereocenters. The summed E-state index contributed by atoms with van der Waals surface area (Å²) >= 11 is 1.51. The van der Waals surface area contributed by atoms with Crippen molar-refractivity contribution in [2.24, 2.45) is 0 Å². The van der Waals surface area contributed by atoms with Crippen LogP contribution < -0.4 is 4.90 Å². The molecule has 1 aliphatic rings. The monoisotopic (exact) mass is 495 g/mol. The maximum Gasteiger partial charge on any atom is 0.237 e. The highest BCUT2D eigenvalue weighted by Crippen LogP contribution is 2.27. The molecule has 5 nitrogen and oxygen atoms in total. The van der Waals surface area contributed by atoms with E-state index < -0.39 is 9.84 Å². The van der Waals surface area contributed by atoms with Gasteiger partial charge in [-0.3, -0.25) is 4.79 Å². The Morgan fingerprint density at radius 2 is 1.47 bits per heavy atom. The summed E-state index contributed by atoms with van der Waals surface area (Å²) in [6.07, 6.45) is 0.315. The first-order valence-electron chi connectivity index (χ1n) is 11.4. The van der Waals surface area contributed by atoms with Crippen LogP contribution in [0.2, 0.25) is 0 Å². The number of carbonyl (C=O) groups is 1. The van der Waals surface area contributed by atoms with Crippen molar-refractivity contribution in [1.82, 2.24) is 0 Å². The van der Waals surface area contributed by atoms with E-state index in [-0.39, 0.29) is 35.3 Å². The lowest BCUT2D eigenvalue weighted by molar-refractivity contribution is -0.116. The van der Waals surface area contributed by atoms with E-state index in [2.05, 4.69) is 24.3 Å². The maximum atomic E-state index is 13.2. The second-order valence-electron chi connectivity index (χ2n) is 8.28. The first-order chi connectivity index (χ1) is 16.5. The number of para-hydroxylation sites is 1. The van der Waals surface area contributed by atoms with Crippen molar-refractivity contribution in [3.8, 4) is 0 Å². The average molecular weight is 496 g/mol. The average Bonchev–Trinajstić information content (AvgIpc) is 3.22. The first-order valence-corrected chi connectivity index (χ1v) is 14.4. The summed E-state index contributed by atoms with van der Waals surface area (Å²) in [6.45, 7) is 0.496. The summed E-state index contributed by atoms with van der Waals surface area (Å²) in [5, 5.41) is 0. The van der Waals surface area contributed by atoms with Gasteiger partial charge in [-0.05, 0) is 29.7 Å². The Balaban J connectivity index is 1.35. The van der Waals surface area contributed by atoms with Crippen molar-refractivity contribution >= 4 is 33.2 Å². The van der Waals surface area contributed by atoms with Gasteiger partial charge in [-0.25, -0.2) is 8.42 Å². The number of rotatable bonds is 10. The third-order valence-corrected chi connectivity index (χ3v) is 8.48. The molecule has 34 heavy (non-hydrogen) atoms. The van der Waals surface area contributed by atoms with Crippen LogP contribution in [-0.4, -0.2) is 50.0 Å². The van der Waals surface area contributed by atoms with E-state index in [0.29, 0.717) is 18.8 Å². The molecule has 1 fully saturated rings. The van der Waals surface area contributed by atoms with E-state index in [1.54, 1.807) is 4.90 Å². The highest BCUT2D eigenvalue weighted by Gasteiger charge is 2.35. The lowest BCUT2D eigenvalue weighted by atomic mass is 10.0. The molecule has 0 N–H and O–H groups in total. The molecule has 3 aromatic rings. The second kappa shape index (κ2) is 11.7. The van der Waals surface area contributed by atoms with Crippen LogP contribution in [0.1, 0.15) is 23.7 Å². The minimum Gasteiger partial charge on any atom is -0.368 e. The molecule has 1 saturated heterocycles. The number of amides is 1. The molecular weight excluding hydrogens is 466 g/mol. The molecular formula is C27H29NO4S2. The number of hydrogen-bond acceptors (Lipinski definition) is 5. The zero-order chi connectivity index (χ0) is 23.8. The van der Waals surface area contributed by atoms with Gasteiger partial charge in [0.25, 0.3) is 0 Å². The summed E-state index contributed by atoms with van der Waals surface area (Å²) in [5.41, 5.74) is 2.93. The number of hydrogen-bond donors (Lipinski definition) is 0. The quantitative estimate of drug-likeness (QED) is 0.380. The fourth-order valence-corrected chi connectivity index (χ4v) is 6.59. The molecule has 0 saturated carbocycles. The van der Waals surface area contributed by atoms with Crippen LogP contribution in [0.15, 0.2) is 91.0 Å². The van der Waals surface area contributed by atoms with Crippen LogP contribution in [0, 0.1) is 0 Å². The predicted octanol–water partition coefficient (Wildman–Crippen LogP) is 4.75. The molecule has 1 aliphatic heterocycles. The number of ether oxygens (including phenoxy) is 1. The molecule has 1 amide bonds. The van der Waals surface area contributed by atoms with Crippen molar-refractivity contribution < 1.29 is 17.9 Å². The fourth-order valence-electron chi connectivity index (χ4n) is 4.22. The fraction of sp³-hybridized carbons (Fsp3) is 0.296. The number of benzene rings is 3. The number of nitrogens with zero attached hydrogens (tertiary/aromatic N) is 1. The van der Waals surface area contributed by atoms with Gasteiger partial charge in [0.15, 0.2) is 9.84 Å². The molecule has 0 bridgehead atoms. The number of sulfone groups is 1. The molecule has 1 atom stereocenters. The zero-order valence-electron chi connectivity index (χ0n) is 19.0.